The molecule has 0 amide bonds. The summed E-state index contributed by atoms with van der Waals surface area (Å²) in [5.74, 6) is 1.21. The van der Waals surface area contributed by atoms with E-state index >= 15 is 0 Å². The zero-order valence-corrected chi connectivity index (χ0v) is 11.3. The molecule has 0 aliphatic carbocycles. The Morgan fingerprint density at radius 1 is 1.24 bits per heavy atom. The Hall–Kier alpha value is -1.06. The Labute approximate surface area is 110 Å². The van der Waals surface area contributed by atoms with Crippen LogP contribution in [0.15, 0.2) is 46.7 Å². The fourth-order valence-electron chi connectivity index (χ4n) is 1.51. The zero-order valence-electron chi connectivity index (χ0n) is 9.68. The quantitative estimate of drug-likeness (QED) is 0.591. The van der Waals surface area contributed by atoms with Crippen LogP contribution in [-0.2, 0) is 6.42 Å². The fourth-order valence-corrected chi connectivity index (χ4v) is 3.23. The van der Waals surface area contributed by atoms with Crippen LogP contribution in [0.4, 0.5) is 0 Å². The van der Waals surface area contributed by atoms with E-state index < -0.39 is 0 Å². The zero-order chi connectivity index (χ0) is 12.1. The van der Waals surface area contributed by atoms with E-state index in [9.17, 15) is 4.79 Å². The maximum absolute atomic E-state index is 11.1. The highest BCUT2D eigenvalue weighted by atomic mass is 32.2. The molecule has 88 valence electrons. The highest BCUT2D eigenvalue weighted by molar-refractivity contribution is 7.99. The average molecular weight is 262 g/mol. The lowest BCUT2D eigenvalue weighted by atomic mass is 10.2. The number of carbonyl (C=O) groups excluding carboxylic acids is 1. The molecule has 1 nitrogen and oxygen atoms in total. The monoisotopic (exact) mass is 262 g/mol. The van der Waals surface area contributed by atoms with Crippen LogP contribution >= 0.6 is 23.1 Å². The largest absolute Gasteiger partial charge is 0.295 e. The topological polar surface area (TPSA) is 17.1 Å². The van der Waals surface area contributed by atoms with E-state index in [-0.39, 0.29) is 5.78 Å². The summed E-state index contributed by atoms with van der Waals surface area (Å²) in [7, 11) is 0. The molecule has 0 N–H and O–H groups in total. The second-order valence-corrected chi connectivity index (χ2v) is 5.96. The summed E-state index contributed by atoms with van der Waals surface area (Å²) < 4.78 is 0. The Morgan fingerprint density at radius 2 is 2.00 bits per heavy atom. The number of hydrogen-bond acceptors (Lipinski definition) is 3. The maximum atomic E-state index is 11.1. The van der Waals surface area contributed by atoms with Crippen LogP contribution in [0.5, 0.6) is 0 Å². The van der Waals surface area contributed by atoms with Gasteiger partial charge >= 0.3 is 0 Å². The van der Waals surface area contributed by atoms with E-state index in [1.54, 1.807) is 18.3 Å². The molecule has 0 spiro atoms. The summed E-state index contributed by atoms with van der Waals surface area (Å²) >= 11 is 3.64. The number of thioether (sulfide) groups is 1. The molecule has 2 rings (SSSR count). The molecule has 17 heavy (non-hydrogen) atoms. The van der Waals surface area contributed by atoms with Crippen molar-refractivity contribution in [3.63, 3.8) is 0 Å². The van der Waals surface area contributed by atoms with E-state index in [2.05, 4.69) is 17.5 Å². The van der Waals surface area contributed by atoms with Gasteiger partial charge in [-0.15, -0.1) is 23.1 Å². The maximum Gasteiger partial charge on any atom is 0.159 e. The first kappa shape index (κ1) is 12.4. The SMILES string of the molecule is CC(=O)c1ccc(SCCc2cccs2)cc1. The fraction of sp³-hybridized carbons (Fsp3) is 0.214. The van der Waals surface area contributed by atoms with Gasteiger partial charge in [-0.3, -0.25) is 4.79 Å². The molecule has 3 heteroatoms. The summed E-state index contributed by atoms with van der Waals surface area (Å²) in [6.45, 7) is 1.60. The van der Waals surface area contributed by atoms with Gasteiger partial charge in [0.05, 0.1) is 0 Å². The molecule has 0 bridgehead atoms. The van der Waals surface area contributed by atoms with Crippen LogP contribution in [0.25, 0.3) is 0 Å². The molecule has 2 aromatic rings. The molecular formula is C14H14OS2. The Bertz CT molecular complexity index is 471. The van der Waals surface area contributed by atoms with Crippen molar-refractivity contribution in [2.45, 2.75) is 18.2 Å². The highest BCUT2D eigenvalue weighted by Gasteiger charge is 2.00. The smallest absolute Gasteiger partial charge is 0.159 e. The molecule has 1 aromatic heterocycles. The number of carbonyl (C=O) groups is 1. The number of rotatable bonds is 5. The second kappa shape index (κ2) is 6.03. The van der Waals surface area contributed by atoms with Crippen LogP contribution < -0.4 is 0 Å². The minimum absolute atomic E-state index is 0.125. The van der Waals surface area contributed by atoms with Crippen LogP contribution in [-0.4, -0.2) is 11.5 Å². The van der Waals surface area contributed by atoms with Gasteiger partial charge in [-0.1, -0.05) is 18.2 Å². The number of aryl methyl sites for hydroxylation is 1. The van der Waals surface area contributed by atoms with Crippen molar-refractivity contribution in [2.75, 3.05) is 5.75 Å². The lowest BCUT2D eigenvalue weighted by Gasteiger charge is -2.01. The third kappa shape index (κ3) is 3.72. The van der Waals surface area contributed by atoms with Crippen LogP contribution in [0.1, 0.15) is 22.2 Å². The summed E-state index contributed by atoms with van der Waals surface area (Å²) in [6, 6.07) is 12.1. The first-order chi connectivity index (χ1) is 8.25. The number of Topliss-reactive ketones (excluding diaryl/α,β-unsaturated/α-hetero) is 1. The van der Waals surface area contributed by atoms with Gasteiger partial charge in [-0.2, -0.15) is 0 Å². The molecule has 0 aliphatic rings. The minimum Gasteiger partial charge on any atom is -0.295 e. The van der Waals surface area contributed by atoms with Gasteiger partial charge in [0.2, 0.25) is 0 Å². The standard InChI is InChI=1S/C14H14OS2/c1-11(15)12-4-6-14(7-5-12)17-10-8-13-3-2-9-16-13/h2-7,9H,8,10H2,1H3. The predicted molar refractivity (Wildman–Crippen MR) is 75.2 cm³/mol. The molecule has 0 radical (unpaired) electrons. The van der Waals surface area contributed by atoms with Crippen molar-refractivity contribution < 1.29 is 4.79 Å². The molecule has 0 unspecified atom stereocenters. The van der Waals surface area contributed by atoms with E-state index in [4.69, 9.17) is 0 Å². The van der Waals surface area contributed by atoms with Crippen molar-refractivity contribution >= 4 is 28.9 Å². The normalized spacial score (nSPS) is 10.4. The molecule has 0 saturated heterocycles. The van der Waals surface area contributed by atoms with Gasteiger partial charge in [0.25, 0.3) is 0 Å². The van der Waals surface area contributed by atoms with Crippen LogP contribution in [0.3, 0.4) is 0 Å². The van der Waals surface area contributed by atoms with Crippen LogP contribution in [0.2, 0.25) is 0 Å². The first-order valence-electron chi connectivity index (χ1n) is 5.52. The summed E-state index contributed by atoms with van der Waals surface area (Å²) in [5.41, 5.74) is 0.785. The van der Waals surface area contributed by atoms with E-state index in [1.165, 1.54) is 9.77 Å². The second-order valence-electron chi connectivity index (χ2n) is 3.76. The van der Waals surface area contributed by atoms with Gasteiger partial charge in [-0.05, 0) is 36.9 Å². The minimum atomic E-state index is 0.125. The van der Waals surface area contributed by atoms with Gasteiger partial charge in [0.1, 0.15) is 0 Å². The van der Waals surface area contributed by atoms with Gasteiger partial charge in [0, 0.05) is 21.1 Å². The van der Waals surface area contributed by atoms with Gasteiger partial charge in [-0.25, -0.2) is 0 Å². The third-order valence-corrected chi connectivity index (χ3v) is 4.41. The van der Waals surface area contributed by atoms with Crippen molar-refractivity contribution in [3.8, 4) is 0 Å². The van der Waals surface area contributed by atoms with E-state index in [0.717, 1.165) is 17.7 Å². The van der Waals surface area contributed by atoms with Gasteiger partial charge < -0.3 is 0 Å². The van der Waals surface area contributed by atoms with E-state index in [0.29, 0.717) is 0 Å². The van der Waals surface area contributed by atoms with Crippen molar-refractivity contribution in [2.24, 2.45) is 0 Å². The Kier molecular flexibility index (Phi) is 4.40. The number of thiophene rings is 1. The first-order valence-corrected chi connectivity index (χ1v) is 7.38. The van der Waals surface area contributed by atoms with Gasteiger partial charge in [0.15, 0.2) is 5.78 Å². The number of hydrogen-bond donors (Lipinski definition) is 0. The summed E-state index contributed by atoms with van der Waals surface area (Å²) in [5, 5.41) is 2.11. The Morgan fingerprint density at radius 3 is 2.59 bits per heavy atom. The van der Waals surface area contributed by atoms with Crippen molar-refractivity contribution in [1.82, 2.24) is 0 Å². The number of benzene rings is 1. The molecule has 1 heterocycles. The lowest BCUT2D eigenvalue weighted by Crippen LogP contribution is -1.91. The predicted octanol–water partition coefficient (Wildman–Crippen LogP) is 4.29. The highest BCUT2D eigenvalue weighted by Crippen LogP contribution is 2.21. The summed E-state index contributed by atoms with van der Waals surface area (Å²) in [6.07, 6.45) is 1.11. The summed E-state index contributed by atoms with van der Waals surface area (Å²) in [4.78, 5) is 13.8. The van der Waals surface area contributed by atoms with Crippen LogP contribution in [0, 0.1) is 0 Å². The van der Waals surface area contributed by atoms with Crippen molar-refractivity contribution in [3.05, 3.63) is 52.2 Å². The molecule has 0 aliphatic heterocycles. The third-order valence-electron chi connectivity index (χ3n) is 2.46. The molecule has 0 fully saturated rings. The van der Waals surface area contributed by atoms with Crippen molar-refractivity contribution in [1.29, 1.82) is 0 Å². The average Bonchev–Trinajstić information content (AvgIpc) is 2.83. The molecule has 1 aromatic carbocycles. The Balaban J connectivity index is 1.85. The lowest BCUT2D eigenvalue weighted by molar-refractivity contribution is 0.101. The van der Waals surface area contributed by atoms with E-state index in [1.807, 2.05) is 36.0 Å². The number of ketones is 1. The molecule has 0 saturated carbocycles. The molecular weight excluding hydrogens is 248 g/mol. The molecule has 0 atom stereocenters.